The van der Waals surface area contributed by atoms with E-state index < -0.39 is 0 Å². The first-order valence-electron chi connectivity index (χ1n) is 6.17. The summed E-state index contributed by atoms with van der Waals surface area (Å²) in [5, 5.41) is 18.2. The summed E-state index contributed by atoms with van der Waals surface area (Å²) < 4.78 is 5.82. The molecule has 0 amide bonds. The van der Waals surface area contributed by atoms with Crippen molar-refractivity contribution in [2.24, 2.45) is 0 Å². The monoisotopic (exact) mass is 350 g/mol. The molecule has 22 heavy (non-hydrogen) atoms. The second-order valence-corrected chi connectivity index (χ2v) is 5.70. The Morgan fingerprint density at radius 2 is 1.32 bits per heavy atom. The highest BCUT2D eigenvalue weighted by molar-refractivity contribution is 6.46. The number of benzene rings is 2. The van der Waals surface area contributed by atoms with Crippen LogP contribution in [0, 0.1) is 36.5 Å². The van der Waals surface area contributed by atoms with Gasteiger partial charge in [-0.1, -0.05) is 53.0 Å². The van der Waals surface area contributed by atoms with E-state index >= 15 is 0 Å². The molecular weight excluding hydrogens is 343 g/mol. The van der Waals surface area contributed by atoms with Crippen molar-refractivity contribution < 1.29 is 4.74 Å². The molecule has 0 radical (unpaired) electrons. The number of rotatable bonds is 2. The molecule has 3 nitrogen and oxygen atoms in total. The van der Waals surface area contributed by atoms with Crippen LogP contribution in [0.5, 0.6) is 11.5 Å². The molecule has 0 aliphatic carbocycles. The molecule has 0 spiro atoms. The smallest absolute Gasteiger partial charge is 0.167 e. The number of aryl methyl sites for hydroxylation is 2. The SMILES string of the molecule is Cc1cccc(C)c1Oc1c(Cl)c(Cl)c(C#N)c(C#N)c1Cl. The maximum absolute atomic E-state index is 9.20. The fourth-order valence-corrected chi connectivity index (χ4v) is 2.77. The average Bonchev–Trinajstić information content (AvgIpc) is 2.49. The molecule has 0 heterocycles. The third kappa shape index (κ3) is 2.72. The van der Waals surface area contributed by atoms with Crippen LogP contribution in [0.15, 0.2) is 18.2 Å². The molecule has 110 valence electrons. The lowest BCUT2D eigenvalue weighted by atomic mass is 10.1. The van der Waals surface area contributed by atoms with Crippen LogP contribution in [0.1, 0.15) is 22.3 Å². The van der Waals surface area contributed by atoms with Gasteiger partial charge in [0.05, 0.1) is 16.1 Å². The lowest BCUT2D eigenvalue weighted by Crippen LogP contribution is -1.97. The summed E-state index contributed by atoms with van der Waals surface area (Å²) in [6, 6.07) is 9.34. The summed E-state index contributed by atoms with van der Waals surface area (Å²) in [6.07, 6.45) is 0. The van der Waals surface area contributed by atoms with Crippen LogP contribution in [0.2, 0.25) is 15.1 Å². The Balaban J connectivity index is 2.71. The standard InChI is InChI=1S/C16H9Cl3N2O/c1-8-4-3-5-9(2)15(8)22-16-13(18)11(7-21)10(6-20)12(17)14(16)19/h3-5H,1-2H3. The second-order valence-electron chi connectivity index (χ2n) is 4.57. The molecule has 0 aliphatic rings. The number of nitrogens with zero attached hydrogens (tertiary/aromatic N) is 2. The van der Waals surface area contributed by atoms with E-state index in [9.17, 15) is 5.26 Å². The summed E-state index contributed by atoms with van der Waals surface area (Å²) in [5.41, 5.74) is 1.64. The molecular formula is C16H9Cl3N2O. The van der Waals surface area contributed by atoms with Crippen LogP contribution in [-0.2, 0) is 0 Å². The summed E-state index contributed by atoms with van der Waals surface area (Å²) in [5.74, 6) is 0.650. The van der Waals surface area contributed by atoms with Gasteiger partial charge in [0.2, 0.25) is 0 Å². The molecule has 0 bridgehead atoms. The third-order valence-electron chi connectivity index (χ3n) is 3.12. The highest BCUT2D eigenvalue weighted by Gasteiger charge is 2.23. The van der Waals surface area contributed by atoms with E-state index in [1.54, 1.807) is 0 Å². The summed E-state index contributed by atoms with van der Waals surface area (Å²) in [4.78, 5) is 0. The second kappa shape index (κ2) is 6.46. The predicted octanol–water partition coefficient (Wildman–Crippen LogP) is 5.80. The molecule has 0 aromatic heterocycles. The van der Waals surface area contributed by atoms with Crippen molar-refractivity contribution >= 4 is 34.8 Å². The van der Waals surface area contributed by atoms with Crippen molar-refractivity contribution in [2.75, 3.05) is 0 Å². The van der Waals surface area contributed by atoms with Gasteiger partial charge in [-0.3, -0.25) is 0 Å². The predicted molar refractivity (Wildman–Crippen MR) is 86.9 cm³/mol. The van der Waals surface area contributed by atoms with Crippen LogP contribution >= 0.6 is 34.8 Å². The van der Waals surface area contributed by atoms with E-state index in [4.69, 9.17) is 44.8 Å². The van der Waals surface area contributed by atoms with Gasteiger partial charge in [-0.25, -0.2) is 0 Å². The Bertz CT molecular complexity index is 828. The van der Waals surface area contributed by atoms with Gasteiger partial charge in [-0.05, 0) is 25.0 Å². The number of halogens is 3. The van der Waals surface area contributed by atoms with Crippen molar-refractivity contribution in [3.63, 3.8) is 0 Å². The minimum Gasteiger partial charge on any atom is -0.454 e. The van der Waals surface area contributed by atoms with E-state index in [1.165, 1.54) is 0 Å². The zero-order valence-electron chi connectivity index (χ0n) is 11.7. The first-order valence-corrected chi connectivity index (χ1v) is 7.30. The molecule has 2 aromatic rings. The molecule has 0 atom stereocenters. The number of ether oxygens (including phenoxy) is 1. The van der Waals surface area contributed by atoms with Crippen LogP contribution in [-0.4, -0.2) is 0 Å². The fraction of sp³-hybridized carbons (Fsp3) is 0.125. The Morgan fingerprint density at radius 1 is 0.818 bits per heavy atom. The number of hydrogen-bond donors (Lipinski definition) is 0. The third-order valence-corrected chi connectivity index (χ3v) is 4.31. The zero-order valence-corrected chi connectivity index (χ0v) is 13.9. The Kier molecular flexibility index (Phi) is 4.84. The largest absolute Gasteiger partial charge is 0.454 e. The number of nitriles is 2. The van der Waals surface area contributed by atoms with E-state index in [1.807, 2.05) is 44.2 Å². The molecule has 0 saturated carbocycles. The maximum atomic E-state index is 9.20. The van der Waals surface area contributed by atoms with Crippen molar-refractivity contribution in [3.05, 3.63) is 55.5 Å². The van der Waals surface area contributed by atoms with Crippen LogP contribution in [0.3, 0.4) is 0 Å². The number of hydrogen-bond acceptors (Lipinski definition) is 3. The van der Waals surface area contributed by atoms with Crippen LogP contribution in [0.25, 0.3) is 0 Å². The topological polar surface area (TPSA) is 56.8 Å². The lowest BCUT2D eigenvalue weighted by molar-refractivity contribution is 0.475. The molecule has 0 unspecified atom stereocenters. The van der Waals surface area contributed by atoms with E-state index in [0.29, 0.717) is 5.75 Å². The van der Waals surface area contributed by atoms with Gasteiger partial charge in [0.15, 0.2) is 5.75 Å². The molecule has 6 heteroatoms. The van der Waals surface area contributed by atoms with Gasteiger partial charge in [0.1, 0.15) is 27.9 Å². The average molecular weight is 352 g/mol. The van der Waals surface area contributed by atoms with Gasteiger partial charge >= 0.3 is 0 Å². The quantitative estimate of drug-likeness (QED) is 0.642. The van der Waals surface area contributed by atoms with E-state index in [-0.39, 0.29) is 31.9 Å². The van der Waals surface area contributed by atoms with E-state index in [0.717, 1.165) is 11.1 Å². The summed E-state index contributed by atoms with van der Waals surface area (Å²) in [6.45, 7) is 3.75. The molecule has 2 aromatic carbocycles. The molecule has 0 fully saturated rings. The minimum atomic E-state index is -0.0620. The first kappa shape index (κ1) is 16.5. The van der Waals surface area contributed by atoms with Crippen molar-refractivity contribution in [1.82, 2.24) is 0 Å². The fourth-order valence-electron chi connectivity index (χ4n) is 2.00. The summed E-state index contributed by atoms with van der Waals surface area (Å²) in [7, 11) is 0. The molecule has 2 rings (SSSR count). The minimum absolute atomic E-state index is 0.00451. The molecule has 0 N–H and O–H groups in total. The first-order chi connectivity index (χ1) is 10.4. The molecule has 0 aliphatic heterocycles. The van der Waals surface area contributed by atoms with Crippen molar-refractivity contribution in [2.45, 2.75) is 13.8 Å². The highest BCUT2D eigenvalue weighted by atomic mass is 35.5. The zero-order chi connectivity index (χ0) is 16.4. The molecule has 0 saturated heterocycles. The van der Waals surface area contributed by atoms with Crippen LogP contribution in [0.4, 0.5) is 0 Å². The maximum Gasteiger partial charge on any atom is 0.167 e. The van der Waals surface area contributed by atoms with Gasteiger partial charge in [-0.2, -0.15) is 10.5 Å². The van der Waals surface area contributed by atoms with E-state index in [2.05, 4.69) is 0 Å². The van der Waals surface area contributed by atoms with Gasteiger partial charge in [0.25, 0.3) is 0 Å². The normalized spacial score (nSPS) is 9.95. The van der Waals surface area contributed by atoms with Crippen molar-refractivity contribution in [3.8, 4) is 23.6 Å². The highest BCUT2D eigenvalue weighted by Crippen LogP contribution is 2.45. The van der Waals surface area contributed by atoms with Crippen molar-refractivity contribution in [1.29, 1.82) is 10.5 Å². The Labute approximate surface area is 143 Å². The Hall–Kier alpha value is -1.91. The lowest BCUT2D eigenvalue weighted by Gasteiger charge is -2.16. The van der Waals surface area contributed by atoms with Gasteiger partial charge in [-0.15, -0.1) is 0 Å². The number of para-hydroxylation sites is 1. The van der Waals surface area contributed by atoms with Gasteiger partial charge < -0.3 is 4.74 Å². The Morgan fingerprint density at radius 3 is 1.82 bits per heavy atom. The van der Waals surface area contributed by atoms with Crippen LogP contribution < -0.4 is 4.74 Å². The van der Waals surface area contributed by atoms with Gasteiger partial charge in [0, 0.05) is 0 Å². The summed E-state index contributed by atoms with van der Waals surface area (Å²) >= 11 is 18.4.